The van der Waals surface area contributed by atoms with E-state index in [2.05, 4.69) is 4.98 Å². The number of thiazole rings is 1. The standard InChI is InChI=1S/C22H19FN2O4S/c1-14-22(27)25(18-4-2-3-5-19(18)29-14)11-10-20(26)28-12-17-13-30-21(24-17)15-6-8-16(23)9-7-15/h2-9,13-14H,10-12H2,1H3. The van der Waals surface area contributed by atoms with Crippen molar-refractivity contribution in [1.82, 2.24) is 4.98 Å². The molecule has 4 rings (SSSR count). The first-order valence-electron chi connectivity index (χ1n) is 9.44. The molecule has 0 saturated heterocycles. The Hall–Kier alpha value is -3.26. The van der Waals surface area contributed by atoms with E-state index in [1.54, 1.807) is 41.5 Å². The molecule has 0 saturated carbocycles. The molecule has 154 valence electrons. The first-order valence-corrected chi connectivity index (χ1v) is 10.3. The smallest absolute Gasteiger partial charge is 0.307 e. The number of carbonyl (C=O) groups excluding carboxylic acids is 2. The van der Waals surface area contributed by atoms with Crippen LogP contribution < -0.4 is 9.64 Å². The molecule has 1 atom stereocenters. The van der Waals surface area contributed by atoms with Crippen LogP contribution in [0.25, 0.3) is 10.6 Å². The normalized spacial score (nSPS) is 15.5. The van der Waals surface area contributed by atoms with Crippen LogP contribution in [0.15, 0.2) is 53.9 Å². The van der Waals surface area contributed by atoms with Crippen molar-refractivity contribution in [3.8, 4) is 16.3 Å². The number of fused-ring (bicyclic) bond motifs is 1. The molecule has 0 fully saturated rings. The Morgan fingerprint density at radius 1 is 1.23 bits per heavy atom. The maximum absolute atomic E-state index is 13.0. The van der Waals surface area contributed by atoms with Gasteiger partial charge in [0.05, 0.1) is 17.8 Å². The summed E-state index contributed by atoms with van der Waals surface area (Å²) in [5, 5.41) is 2.53. The summed E-state index contributed by atoms with van der Waals surface area (Å²) in [4.78, 5) is 30.6. The van der Waals surface area contributed by atoms with Crippen molar-refractivity contribution < 1.29 is 23.5 Å². The van der Waals surface area contributed by atoms with Crippen LogP contribution in [0.4, 0.5) is 10.1 Å². The molecule has 30 heavy (non-hydrogen) atoms. The lowest BCUT2D eigenvalue weighted by molar-refractivity contribution is -0.144. The van der Waals surface area contributed by atoms with Gasteiger partial charge in [-0.2, -0.15) is 0 Å². The van der Waals surface area contributed by atoms with Gasteiger partial charge >= 0.3 is 5.97 Å². The molecule has 2 aromatic carbocycles. The van der Waals surface area contributed by atoms with Crippen LogP contribution in [0.5, 0.6) is 5.75 Å². The topological polar surface area (TPSA) is 68.7 Å². The minimum Gasteiger partial charge on any atom is -0.479 e. The number of halogens is 1. The fraction of sp³-hybridized carbons (Fsp3) is 0.227. The Balaban J connectivity index is 1.33. The second kappa shape index (κ2) is 8.62. The predicted molar refractivity (Wildman–Crippen MR) is 111 cm³/mol. The Bertz CT molecular complexity index is 1070. The molecule has 0 spiro atoms. The third-order valence-corrected chi connectivity index (χ3v) is 5.58. The number of anilines is 1. The minimum atomic E-state index is -0.601. The van der Waals surface area contributed by atoms with Crippen molar-refractivity contribution in [2.75, 3.05) is 11.4 Å². The number of nitrogens with zero attached hydrogens (tertiary/aromatic N) is 2. The first kappa shape index (κ1) is 20.0. The van der Waals surface area contributed by atoms with E-state index >= 15 is 0 Å². The van der Waals surface area contributed by atoms with Crippen LogP contribution in [-0.4, -0.2) is 29.5 Å². The third-order valence-electron chi connectivity index (χ3n) is 4.64. The highest BCUT2D eigenvalue weighted by Gasteiger charge is 2.31. The molecule has 2 heterocycles. The Kier molecular flexibility index (Phi) is 5.76. The van der Waals surface area contributed by atoms with Crippen LogP contribution in [0, 0.1) is 5.82 Å². The van der Waals surface area contributed by atoms with Gasteiger partial charge in [-0.15, -0.1) is 11.3 Å². The summed E-state index contributed by atoms with van der Waals surface area (Å²) < 4.78 is 24.0. The molecule has 0 aliphatic carbocycles. The number of carbonyl (C=O) groups is 2. The fourth-order valence-electron chi connectivity index (χ4n) is 3.12. The van der Waals surface area contributed by atoms with Gasteiger partial charge in [0.25, 0.3) is 5.91 Å². The van der Waals surface area contributed by atoms with E-state index in [0.717, 1.165) is 10.6 Å². The minimum absolute atomic E-state index is 0.0422. The molecule has 1 unspecified atom stereocenters. The molecule has 3 aromatic rings. The fourth-order valence-corrected chi connectivity index (χ4v) is 3.93. The van der Waals surface area contributed by atoms with E-state index in [-0.39, 0.29) is 31.3 Å². The highest BCUT2D eigenvalue weighted by molar-refractivity contribution is 7.13. The van der Waals surface area contributed by atoms with Crippen molar-refractivity contribution in [2.45, 2.75) is 26.1 Å². The van der Waals surface area contributed by atoms with Gasteiger partial charge in [-0.05, 0) is 43.3 Å². The van der Waals surface area contributed by atoms with Gasteiger partial charge in [0, 0.05) is 17.5 Å². The Morgan fingerprint density at radius 3 is 2.80 bits per heavy atom. The van der Waals surface area contributed by atoms with Gasteiger partial charge in [-0.1, -0.05) is 12.1 Å². The van der Waals surface area contributed by atoms with Crippen molar-refractivity contribution in [3.05, 3.63) is 65.4 Å². The van der Waals surface area contributed by atoms with Gasteiger partial charge in [0.15, 0.2) is 6.10 Å². The molecule has 8 heteroatoms. The zero-order valence-electron chi connectivity index (χ0n) is 16.2. The molecule has 1 aromatic heterocycles. The molecular weight excluding hydrogens is 407 g/mol. The number of amides is 1. The summed E-state index contributed by atoms with van der Waals surface area (Å²) in [6, 6.07) is 13.3. The Labute approximate surface area is 176 Å². The van der Waals surface area contributed by atoms with Crippen molar-refractivity contribution in [1.29, 1.82) is 0 Å². The van der Waals surface area contributed by atoms with Crippen LogP contribution in [-0.2, 0) is 20.9 Å². The summed E-state index contributed by atoms with van der Waals surface area (Å²) in [6.07, 6.45) is -0.544. The molecular formula is C22H19FN2O4S. The number of aromatic nitrogens is 1. The molecule has 1 aliphatic rings. The van der Waals surface area contributed by atoms with Gasteiger partial charge in [-0.25, -0.2) is 9.37 Å². The number of ether oxygens (including phenoxy) is 2. The quantitative estimate of drug-likeness (QED) is 0.553. The summed E-state index contributed by atoms with van der Waals surface area (Å²) in [7, 11) is 0. The second-order valence-corrected chi connectivity index (χ2v) is 7.64. The van der Waals surface area contributed by atoms with E-state index in [0.29, 0.717) is 17.1 Å². The molecule has 0 radical (unpaired) electrons. The number of hydrogen-bond donors (Lipinski definition) is 0. The van der Waals surface area contributed by atoms with Crippen molar-refractivity contribution >= 4 is 28.9 Å². The molecule has 0 N–H and O–H groups in total. The predicted octanol–water partition coefficient (Wildman–Crippen LogP) is 4.20. The summed E-state index contributed by atoms with van der Waals surface area (Å²) in [5.74, 6) is -0.297. The number of benzene rings is 2. The third kappa shape index (κ3) is 4.33. The monoisotopic (exact) mass is 426 g/mol. The first-order chi connectivity index (χ1) is 14.5. The second-order valence-electron chi connectivity index (χ2n) is 6.78. The van der Waals surface area contributed by atoms with E-state index in [4.69, 9.17) is 9.47 Å². The molecule has 6 nitrogen and oxygen atoms in total. The number of rotatable bonds is 6. The van der Waals surface area contributed by atoms with Crippen LogP contribution in [0.2, 0.25) is 0 Å². The lowest BCUT2D eigenvalue weighted by atomic mass is 10.2. The molecule has 1 aliphatic heterocycles. The van der Waals surface area contributed by atoms with Crippen LogP contribution >= 0.6 is 11.3 Å². The Morgan fingerprint density at radius 2 is 2.00 bits per heavy atom. The van der Waals surface area contributed by atoms with Gasteiger partial charge in [0.1, 0.15) is 23.2 Å². The average Bonchev–Trinajstić information content (AvgIpc) is 3.22. The van der Waals surface area contributed by atoms with Gasteiger partial charge in [0.2, 0.25) is 0 Å². The van der Waals surface area contributed by atoms with Crippen LogP contribution in [0.3, 0.4) is 0 Å². The summed E-state index contributed by atoms with van der Waals surface area (Å²) in [6.45, 7) is 1.94. The lowest BCUT2D eigenvalue weighted by Gasteiger charge is -2.32. The summed E-state index contributed by atoms with van der Waals surface area (Å²) in [5.41, 5.74) is 2.07. The highest BCUT2D eigenvalue weighted by Crippen LogP contribution is 2.33. The number of esters is 1. The zero-order chi connectivity index (χ0) is 21.1. The lowest BCUT2D eigenvalue weighted by Crippen LogP contribution is -2.45. The van der Waals surface area contributed by atoms with Crippen molar-refractivity contribution in [2.24, 2.45) is 0 Å². The van der Waals surface area contributed by atoms with Crippen molar-refractivity contribution in [3.63, 3.8) is 0 Å². The maximum atomic E-state index is 13.0. The average molecular weight is 426 g/mol. The zero-order valence-corrected chi connectivity index (χ0v) is 17.0. The van der Waals surface area contributed by atoms with Gasteiger partial charge in [-0.3, -0.25) is 9.59 Å². The van der Waals surface area contributed by atoms with E-state index < -0.39 is 12.1 Å². The SMILES string of the molecule is CC1Oc2ccccc2N(CCC(=O)OCc2csc(-c3ccc(F)cc3)n2)C1=O. The number of hydrogen-bond acceptors (Lipinski definition) is 6. The van der Waals surface area contributed by atoms with E-state index in [9.17, 15) is 14.0 Å². The van der Waals surface area contributed by atoms with Crippen LogP contribution in [0.1, 0.15) is 19.0 Å². The van der Waals surface area contributed by atoms with E-state index in [1.165, 1.54) is 23.5 Å². The largest absolute Gasteiger partial charge is 0.479 e. The van der Waals surface area contributed by atoms with E-state index in [1.807, 2.05) is 12.1 Å². The molecule has 0 bridgehead atoms. The number of para-hydroxylation sites is 2. The van der Waals surface area contributed by atoms with Gasteiger partial charge < -0.3 is 14.4 Å². The molecule has 1 amide bonds. The highest BCUT2D eigenvalue weighted by atomic mass is 32.1. The maximum Gasteiger partial charge on any atom is 0.307 e. The summed E-state index contributed by atoms with van der Waals surface area (Å²) >= 11 is 1.40.